The molecular formula is C13H15BrN2O. The van der Waals surface area contributed by atoms with Gasteiger partial charge in [0.25, 0.3) is 0 Å². The molecule has 1 unspecified atom stereocenters. The van der Waals surface area contributed by atoms with Crippen molar-refractivity contribution >= 4 is 32.5 Å². The SMILES string of the molecule is Cc1ccc2c(NCC(C)O)ncc(Br)c2c1. The van der Waals surface area contributed by atoms with E-state index < -0.39 is 0 Å². The Labute approximate surface area is 109 Å². The summed E-state index contributed by atoms with van der Waals surface area (Å²) >= 11 is 3.51. The van der Waals surface area contributed by atoms with Crippen LogP contribution in [0.25, 0.3) is 10.8 Å². The lowest BCUT2D eigenvalue weighted by Crippen LogP contribution is -2.16. The molecule has 0 saturated heterocycles. The number of aliphatic hydroxyl groups excluding tert-OH is 1. The van der Waals surface area contributed by atoms with Gasteiger partial charge in [0.2, 0.25) is 0 Å². The van der Waals surface area contributed by atoms with Gasteiger partial charge < -0.3 is 10.4 Å². The number of nitrogens with zero attached hydrogens (tertiary/aromatic N) is 1. The van der Waals surface area contributed by atoms with Gasteiger partial charge in [-0.2, -0.15) is 0 Å². The van der Waals surface area contributed by atoms with E-state index in [9.17, 15) is 5.11 Å². The van der Waals surface area contributed by atoms with Gasteiger partial charge in [-0.05, 0) is 29.8 Å². The number of aryl methyl sites for hydroxylation is 1. The van der Waals surface area contributed by atoms with E-state index in [-0.39, 0.29) is 6.10 Å². The van der Waals surface area contributed by atoms with Crippen LogP contribution in [-0.2, 0) is 0 Å². The van der Waals surface area contributed by atoms with E-state index in [2.05, 4.69) is 45.3 Å². The molecule has 2 rings (SSSR count). The number of anilines is 1. The quantitative estimate of drug-likeness (QED) is 0.914. The lowest BCUT2D eigenvalue weighted by molar-refractivity contribution is 0.208. The van der Waals surface area contributed by atoms with Crippen molar-refractivity contribution in [1.82, 2.24) is 4.98 Å². The van der Waals surface area contributed by atoms with Crippen LogP contribution in [0.5, 0.6) is 0 Å². The number of benzene rings is 1. The molecule has 0 amide bonds. The molecule has 0 aliphatic carbocycles. The highest BCUT2D eigenvalue weighted by Crippen LogP contribution is 2.28. The van der Waals surface area contributed by atoms with Crippen molar-refractivity contribution in [3.8, 4) is 0 Å². The van der Waals surface area contributed by atoms with Crippen LogP contribution in [0.4, 0.5) is 5.82 Å². The summed E-state index contributed by atoms with van der Waals surface area (Å²) in [5.41, 5.74) is 1.21. The zero-order valence-electron chi connectivity index (χ0n) is 9.87. The minimum absolute atomic E-state index is 0.388. The molecule has 1 aromatic carbocycles. The molecule has 1 heterocycles. The number of pyridine rings is 1. The van der Waals surface area contributed by atoms with Gasteiger partial charge in [-0.15, -0.1) is 0 Å². The highest BCUT2D eigenvalue weighted by molar-refractivity contribution is 9.10. The number of aliphatic hydroxyl groups is 1. The molecule has 0 saturated carbocycles. The summed E-state index contributed by atoms with van der Waals surface area (Å²) < 4.78 is 0.985. The van der Waals surface area contributed by atoms with Crippen molar-refractivity contribution in [2.24, 2.45) is 0 Å². The van der Waals surface area contributed by atoms with Crippen LogP contribution in [0.3, 0.4) is 0 Å². The lowest BCUT2D eigenvalue weighted by atomic mass is 10.1. The summed E-state index contributed by atoms with van der Waals surface area (Å²) in [6.45, 7) is 4.31. The molecule has 3 nitrogen and oxygen atoms in total. The van der Waals surface area contributed by atoms with Crippen molar-refractivity contribution in [2.45, 2.75) is 20.0 Å². The monoisotopic (exact) mass is 294 g/mol. The third-order valence-corrected chi connectivity index (χ3v) is 3.19. The second-order valence-electron chi connectivity index (χ2n) is 4.23. The van der Waals surface area contributed by atoms with Gasteiger partial charge in [-0.3, -0.25) is 0 Å². The molecule has 0 aliphatic rings. The molecule has 2 N–H and O–H groups in total. The Morgan fingerprint density at radius 1 is 1.41 bits per heavy atom. The topological polar surface area (TPSA) is 45.1 Å². The van der Waals surface area contributed by atoms with Crippen LogP contribution in [0.1, 0.15) is 12.5 Å². The van der Waals surface area contributed by atoms with Gasteiger partial charge in [0.05, 0.1) is 6.10 Å². The molecule has 4 heteroatoms. The van der Waals surface area contributed by atoms with E-state index in [0.29, 0.717) is 6.54 Å². The van der Waals surface area contributed by atoms with Crippen LogP contribution < -0.4 is 5.32 Å². The van der Waals surface area contributed by atoms with Crippen LogP contribution >= 0.6 is 15.9 Å². The molecule has 0 fully saturated rings. The van der Waals surface area contributed by atoms with E-state index in [1.54, 1.807) is 13.1 Å². The fourth-order valence-corrected chi connectivity index (χ4v) is 2.14. The normalized spacial score (nSPS) is 12.7. The number of rotatable bonds is 3. The molecule has 0 radical (unpaired) electrons. The predicted octanol–water partition coefficient (Wildman–Crippen LogP) is 3.10. The number of nitrogens with one attached hydrogen (secondary N) is 1. The van der Waals surface area contributed by atoms with E-state index in [0.717, 1.165) is 21.1 Å². The molecule has 0 aliphatic heterocycles. The average Bonchev–Trinajstić information content (AvgIpc) is 2.28. The standard InChI is InChI=1S/C13H15BrN2O/c1-8-3-4-10-11(5-8)12(14)7-16-13(10)15-6-9(2)17/h3-5,7,9,17H,6H2,1-2H3,(H,15,16). The molecular weight excluding hydrogens is 280 g/mol. The molecule has 2 aromatic rings. The smallest absolute Gasteiger partial charge is 0.133 e. The number of halogens is 1. The van der Waals surface area contributed by atoms with Crippen molar-refractivity contribution in [2.75, 3.05) is 11.9 Å². The first kappa shape index (κ1) is 12.3. The largest absolute Gasteiger partial charge is 0.392 e. The Morgan fingerprint density at radius 3 is 2.88 bits per heavy atom. The van der Waals surface area contributed by atoms with E-state index in [1.165, 1.54) is 5.56 Å². The summed E-state index contributed by atoms with van der Waals surface area (Å²) in [7, 11) is 0. The minimum atomic E-state index is -0.388. The molecule has 1 atom stereocenters. The predicted molar refractivity (Wildman–Crippen MR) is 74.4 cm³/mol. The first-order chi connectivity index (χ1) is 8.08. The molecule has 17 heavy (non-hydrogen) atoms. The van der Waals surface area contributed by atoms with E-state index in [4.69, 9.17) is 0 Å². The first-order valence-electron chi connectivity index (χ1n) is 5.54. The lowest BCUT2D eigenvalue weighted by Gasteiger charge is -2.11. The van der Waals surface area contributed by atoms with Gasteiger partial charge in [0.15, 0.2) is 0 Å². The molecule has 0 spiro atoms. The van der Waals surface area contributed by atoms with Crippen molar-refractivity contribution in [1.29, 1.82) is 0 Å². The maximum Gasteiger partial charge on any atom is 0.133 e. The highest BCUT2D eigenvalue weighted by atomic mass is 79.9. The second-order valence-corrected chi connectivity index (χ2v) is 5.09. The Bertz CT molecular complexity index is 540. The highest BCUT2D eigenvalue weighted by Gasteiger charge is 2.06. The molecule has 1 aromatic heterocycles. The van der Waals surface area contributed by atoms with Crippen LogP contribution in [0.2, 0.25) is 0 Å². The fraction of sp³-hybridized carbons (Fsp3) is 0.308. The molecule has 90 valence electrons. The van der Waals surface area contributed by atoms with Gasteiger partial charge in [0.1, 0.15) is 5.82 Å². The van der Waals surface area contributed by atoms with Crippen molar-refractivity contribution < 1.29 is 5.11 Å². The van der Waals surface area contributed by atoms with Crippen molar-refractivity contribution in [3.63, 3.8) is 0 Å². The van der Waals surface area contributed by atoms with Gasteiger partial charge in [-0.1, -0.05) is 23.8 Å². The Hall–Kier alpha value is -1.13. The third-order valence-electron chi connectivity index (χ3n) is 2.56. The molecule has 0 bridgehead atoms. The van der Waals surface area contributed by atoms with Gasteiger partial charge >= 0.3 is 0 Å². The van der Waals surface area contributed by atoms with Crippen LogP contribution in [-0.4, -0.2) is 22.7 Å². The maximum atomic E-state index is 9.28. The van der Waals surface area contributed by atoms with E-state index >= 15 is 0 Å². The number of aromatic nitrogens is 1. The summed E-state index contributed by atoms with van der Waals surface area (Å²) in [5, 5.41) is 14.6. The van der Waals surface area contributed by atoms with Gasteiger partial charge in [-0.25, -0.2) is 4.98 Å². The minimum Gasteiger partial charge on any atom is -0.392 e. The Morgan fingerprint density at radius 2 is 2.18 bits per heavy atom. The summed E-state index contributed by atoms with van der Waals surface area (Å²) in [6.07, 6.45) is 1.40. The second kappa shape index (κ2) is 5.02. The van der Waals surface area contributed by atoms with Crippen molar-refractivity contribution in [3.05, 3.63) is 34.4 Å². The Kier molecular flexibility index (Phi) is 3.64. The number of fused-ring (bicyclic) bond motifs is 1. The zero-order chi connectivity index (χ0) is 12.4. The zero-order valence-corrected chi connectivity index (χ0v) is 11.5. The summed E-state index contributed by atoms with van der Waals surface area (Å²) in [5.74, 6) is 0.809. The first-order valence-corrected chi connectivity index (χ1v) is 6.34. The van der Waals surface area contributed by atoms with E-state index in [1.807, 2.05) is 6.07 Å². The number of hydrogen-bond donors (Lipinski definition) is 2. The average molecular weight is 295 g/mol. The summed E-state index contributed by atoms with van der Waals surface area (Å²) in [4.78, 5) is 4.34. The fourth-order valence-electron chi connectivity index (χ4n) is 1.71. The number of hydrogen-bond acceptors (Lipinski definition) is 3. The Balaban J connectivity index is 2.47. The third kappa shape index (κ3) is 2.76. The summed E-state index contributed by atoms with van der Waals surface area (Å²) in [6, 6.07) is 6.23. The maximum absolute atomic E-state index is 9.28. The van der Waals surface area contributed by atoms with Gasteiger partial charge in [0, 0.05) is 28.0 Å². The van der Waals surface area contributed by atoms with Crippen LogP contribution in [0, 0.1) is 6.92 Å². The van der Waals surface area contributed by atoms with Crippen LogP contribution in [0.15, 0.2) is 28.9 Å².